The molecule has 0 radical (unpaired) electrons. The molecule has 0 bridgehead atoms. The Morgan fingerprint density at radius 3 is 2.89 bits per heavy atom. The van der Waals surface area contributed by atoms with Crippen LogP contribution in [0.2, 0.25) is 5.02 Å². The second kappa shape index (κ2) is 9.29. The molecular weight excluding hydrogens is 492 g/mol. The maximum absolute atomic E-state index is 13.5. The van der Waals surface area contributed by atoms with Crippen molar-refractivity contribution in [3.05, 3.63) is 82.0 Å². The third-order valence-electron chi connectivity index (χ3n) is 6.52. The van der Waals surface area contributed by atoms with Gasteiger partial charge in [-0.25, -0.2) is 9.97 Å². The molecular formula is C26H23ClN8O2. The monoisotopic (exact) mass is 514 g/mol. The molecule has 1 aromatic carbocycles. The van der Waals surface area contributed by atoms with Gasteiger partial charge in [-0.05, 0) is 43.2 Å². The van der Waals surface area contributed by atoms with Crippen LogP contribution < -0.4 is 5.32 Å². The van der Waals surface area contributed by atoms with E-state index in [1.807, 2.05) is 38.1 Å². The molecule has 5 heterocycles. The lowest BCUT2D eigenvalue weighted by Gasteiger charge is -2.26. The molecule has 10 nitrogen and oxygen atoms in total. The van der Waals surface area contributed by atoms with E-state index in [9.17, 15) is 4.79 Å². The Bertz CT molecular complexity index is 1620. The molecule has 0 fully saturated rings. The number of hydrogen-bond donors (Lipinski definition) is 2. The number of halogens is 1. The fourth-order valence-electron chi connectivity index (χ4n) is 4.68. The topological polar surface area (TPSA) is 126 Å². The number of carbonyl (C=O) groups is 1. The highest BCUT2D eigenvalue weighted by atomic mass is 35.5. The van der Waals surface area contributed by atoms with Crippen LogP contribution >= 0.6 is 11.6 Å². The SMILES string of the molecule is Cc1noc(C)c1-c1ccc2nc(C(=O)N3CCc4[nH]ncc4C3)nc(NCc3cncc(Cl)c3)c2c1. The maximum Gasteiger partial charge on any atom is 0.292 e. The number of amides is 1. The Morgan fingerprint density at radius 2 is 2.08 bits per heavy atom. The third kappa shape index (κ3) is 4.40. The van der Waals surface area contributed by atoms with Gasteiger partial charge in [0.1, 0.15) is 11.6 Å². The number of anilines is 1. The molecule has 37 heavy (non-hydrogen) atoms. The van der Waals surface area contributed by atoms with Gasteiger partial charge in [0.05, 0.1) is 22.4 Å². The van der Waals surface area contributed by atoms with Gasteiger partial charge < -0.3 is 14.7 Å². The van der Waals surface area contributed by atoms with Crippen LogP contribution in [-0.2, 0) is 19.5 Å². The van der Waals surface area contributed by atoms with Crippen LogP contribution in [0, 0.1) is 13.8 Å². The summed E-state index contributed by atoms with van der Waals surface area (Å²) in [6.07, 6.45) is 5.79. The molecule has 2 N–H and O–H groups in total. The number of benzene rings is 1. The summed E-state index contributed by atoms with van der Waals surface area (Å²) >= 11 is 6.12. The van der Waals surface area contributed by atoms with Crippen molar-refractivity contribution >= 4 is 34.2 Å². The Balaban J connectivity index is 1.40. The Hall–Kier alpha value is -4.31. The van der Waals surface area contributed by atoms with Gasteiger partial charge in [0.15, 0.2) is 0 Å². The fourth-order valence-corrected chi connectivity index (χ4v) is 4.88. The van der Waals surface area contributed by atoms with Crippen LogP contribution in [0.5, 0.6) is 0 Å². The van der Waals surface area contributed by atoms with Crippen LogP contribution in [0.1, 0.15) is 38.9 Å². The molecule has 4 aromatic heterocycles. The summed E-state index contributed by atoms with van der Waals surface area (Å²) in [7, 11) is 0. The molecule has 5 aromatic rings. The summed E-state index contributed by atoms with van der Waals surface area (Å²) in [5, 5.41) is 15.9. The average molecular weight is 515 g/mol. The number of pyridine rings is 1. The molecule has 186 valence electrons. The van der Waals surface area contributed by atoms with E-state index in [1.165, 1.54) is 0 Å². The molecule has 0 saturated carbocycles. The summed E-state index contributed by atoms with van der Waals surface area (Å²) in [6.45, 7) is 5.24. The van der Waals surface area contributed by atoms with E-state index in [1.54, 1.807) is 23.5 Å². The highest BCUT2D eigenvalue weighted by molar-refractivity contribution is 6.30. The second-order valence-electron chi connectivity index (χ2n) is 9.04. The van der Waals surface area contributed by atoms with Crippen LogP contribution in [-0.4, -0.2) is 47.7 Å². The summed E-state index contributed by atoms with van der Waals surface area (Å²) in [5.41, 5.74) is 6.27. The minimum absolute atomic E-state index is 0.135. The molecule has 11 heteroatoms. The van der Waals surface area contributed by atoms with Crippen molar-refractivity contribution in [2.45, 2.75) is 33.4 Å². The molecule has 0 unspecified atom stereocenters. The minimum atomic E-state index is -0.226. The van der Waals surface area contributed by atoms with E-state index < -0.39 is 0 Å². The summed E-state index contributed by atoms with van der Waals surface area (Å²) in [5.74, 6) is 1.18. The Morgan fingerprint density at radius 1 is 1.19 bits per heavy atom. The first-order chi connectivity index (χ1) is 18.0. The fraction of sp³-hybridized carbons (Fsp3) is 0.231. The standard InChI is InChI=1S/C26H23ClN8O2/c1-14-23(15(2)37-34-14)17-3-4-22-20(8-17)24(29-10-16-7-19(27)12-28-9-16)32-25(31-22)26(36)35-6-5-21-18(13-35)11-30-33-21/h3-4,7-9,11-12H,5-6,10,13H2,1-2H3,(H,30,33)(H,29,31,32). The van der Waals surface area contributed by atoms with E-state index in [2.05, 4.69) is 30.6 Å². The van der Waals surface area contributed by atoms with Gasteiger partial charge in [-0.2, -0.15) is 5.10 Å². The van der Waals surface area contributed by atoms with Crippen LogP contribution in [0.15, 0.2) is 47.4 Å². The third-order valence-corrected chi connectivity index (χ3v) is 6.72. The first-order valence-electron chi connectivity index (χ1n) is 11.8. The van der Waals surface area contributed by atoms with E-state index in [0.29, 0.717) is 42.4 Å². The number of carbonyl (C=O) groups excluding carboxylic acids is 1. The number of fused-ring (bicyclic) bond motifs is 2. The smallest absolute Gasteiger partial charge is 0.292 e. The first kappa shape index (κ1) is 23.1. The van der Waals surface area contributed by atoms with Crippen LogP contribution in [0.25, 0.3) is 22.0 Å². The number of hydrogen-bond acceptors (Lipinski definition) is 8. The number of aromatic nitrogens is 6. The van der Waals surface area contributed by atoms with Crippen LogP contribution in [0.3, 0.4) is 0 Å². The summed E-state index contributed by atoms with van der Waals surface area (Å²) in [6, 6.07) is 7.68. The summed E-state index contributed by atoms with van der Waals surface area (Å²) in [4.78, 5) is 28.7. The van der Waals surface area contributed by atoms with Crippen molar-refractivity contribution in [3.8, 4) is 11.1 Å². The van der Waals surface area contributed by atoms with E-state index >= 15 is 0 Å². The lowest BCUT2D eigenvalue weighted by molar-refractivity contribution is 0.0722. The van der Waals surface area contributed by atoms with Crippen molar-refractivity contribution in [1.82, 2.24) is 35.2 Å². The number of aryl methyl sites for hydroxylation is 2. The Labute approximate surface area is 217 Å². The van der Waals surface area contributed by atoms with E-state index in [0.717, 1.165) is 44.8 Å². The Kier molecular flexibility index (Phi) is 5.80. The van der Waals surface area contributed by atoms with Gasteiger partial charge in [0.25, 0.3) is 5.91 Å². The van der Waals surface area contributed by atoms with Crippen molar-refractivity contribution in [3.63, 3.8) is 0 Å². The zero-order valence-corrected chi connectivity index (χ0v) is 21.0. The highest BCUT2D eigenvalue weighted by Crippen LogP contribution is 2.32. The predicted molar refractivity (Wildman–Crippen MR) is 138 cm³/mol. The number of nitrogens with zero attached hydrogens (tertiary/aromatic N) is 6. The maximum atomic E-state index is 13.5. The van der Waals surface area contributed by atoms with Crippen molar-refractivity contribution < 1.29 is 9.32 Å². The average Bonchev–Trinajstić information content (AvgIpc) is 3.51. The summed E-state index contributed by atoms with van der Waals surface area (Å²) < 4.78 is 5.37. The van der Waals surface area contributed by atoms with Crippen molar-refractivity contribution in [2.24, 2.45) is 0 Å². The molecule has 6 rings (SSSR count). The zero-order chi connectivity index (χ0) is 25.5. The molecule has 0 spiro atoms. The van der Waals surface area contributed by atoms with Crippen LogP contribution in [0.4, 0.5) is 5.82 Å². The molecule has 0 aliphatic carbocycles. The lowest BCUT2D eigenvalue weighted by atomic mass is 10.0. The molecule has 0 saturated heterocycles. The minimum Gasteiger partial charge on any atom is -0.365 e. The molecule has 1 aliphatic heterocycles. The predicted octanol–water partition coefficient (Wildman–Crippen LogP) is 4.48. The normalized spacial score (nSPS) is 13.1. The first-order valence-corrected chi connectivity index (χ1v) is 12.2. The van der Waals surface area contributed by atoms with Gasteiger partial charge in [-0.3, -0.25) is 14.9 Å². The van der Waals surface area contributed by atoms with Gasteiger partial charge in [0.2, 0.25) is 5.82 Å². The largest absolute Gasteiger partial charge is 0.365 e. The number of H-pyrrole nitrogens is 1. The van der Waals surface area contributed by atoms with Gasteiger partial charge in [-0.1, -0.05) is 22.8 Å². The molecule has 1 aliphatic rings. The second-order valence-corrected chi connectivity index (χ2v) is 9.48. The molecule has 1 amide bonds. The van der Waals surface area contributed by atoms with Gasteiger partial charge in [-0.15, -0.1) is 0 Å². The van der Waals surface area contributed by atoms with E-state index in [4.69, 9.17) is 21.1 Å². The zero-order valence-electron chi connectivity index (χ0n) is 20.2. The number of nitrogens with one attached hydrogen (secondary N) is 2. The van der Waals surface area contributed by atoms with Crippen molar-refractivity contribution in [2.75, 3.05) is 11.9 Å². The van der Waals surface area contributed by atoms with E-state index in [-0.39, 0.29) is 11.7 Å². The van der Waals surface area contributed by atoms with Crippen molar-refractivity contribution in [1.29, 1.82) is 0 Å². The molecule has 0 atom stereocenters. The number of rotatable bonds is 5. The lowest BCUT2D eigenvalue weighted by Crippen LogP contribution is -2.36. The van der Waals surface area contributed by atoms with Gasteiger partial charge >= 0.3 is 0 Å². The highest BCUT2D eigenvalue weighted by Gasteiger charge is 2.26. The quantitative estimate of drug-likeness (QED) is 0.351. The van der Waals surface area contributed by atoms with Gasteiger partial charge in [0, 0.05) is 60.7 Å². The number of aromatic amines is 1.